The summed E-state index contributed by atoms with van der Waals surface area (Å²) in [5.74, 6) is 0.746. The van der Waals surface area contributed by atoms with Gasteiger partial charge in [-0.1, -0.05) is 12.1 Å². The van der Waals surface area contributed by atoms with E-state index in [2.05, 4.69) is 10.2 Å². The Morgan fingerprint density at radius 1 is 1.44 bits per heavy atom. The maximum Gasteiger partial charge on any atom is 0.229 e. The molecule has 2 N–H and O–H groups in total. The average molecular weight is 343 g/mol. The van der Waals surface area contributed by atoms with Crippen LogP contribution >= 0.6 is 0 Å². The quantitative estimate of drug-likeness (QED) is 0.872. The third-order valence-electron chi connectivity index (χ3n) is 4.99. The number of aryl methyl sites for hydroxylation is 1. The molecule has 1 aromatic carbocycles. The highest BCUT2D eigenvalue weighted by Gasteiger charge is 2.42. The molecule has 6 heteroatoms. The molecule has 1 aliphatic heterocycles. The number of nitrogens with one attached hydrogen (secondary N) is 1. The van der Waals surface area contributed by atoms with Crippen LogP contribution < -0.4 is 4.74 Å². The van der Waals surface area contributed by atoms with Gasteiger partial charge in [0.05, 0.1) is 25.3 Å². The minimum Gasteiger partial charge on any atom is -0.497 e. The van der Waals surface area contributed by atoms with Gasteiger partial charge in [-0.15, -0.1) is 0 Å². The van der Waals surface area contributed by atoms with E-state index in [1.54, 1.807) is 18.9 Å². The Labute approximate surface area is 147 Å². The normalized spacial score (nSPS) is 19.7. The number of rotatable bonds is 5. The zero-order valence-electron chi connectivity index (χ0n) is 15.0. The van der Waals surface area contributed by atoms with Crippen molar-refractivity contribution in [1.29, 1.82) is 0 Å². The Bertz CT molecular complexity index is 737. The Balaban J connectivity index is 1.77. The van der Waals surface area contributed by atoms with E-state index in [0.717, 1.165) is 35.5 Å². The van der Waals surface area contributed by atoms with Gasteiger partial charge in [-0.05, 0) is 50.5 Å². The van der Waals surface area contributed by atoms with Gasteiger partial charge in [0.25, 0.3) is 0 Å². The average Bonchev–Trinajstić information content (AvgIpc) is 3.24. The second kappa shape index (κ2) is 6.88. The van der Waals surface area contributed by atoms with E-state index < -0.39 is 5.60 Å². The van der Waals surface area contributed by atoms with Crippen molar-refractivity contribution in [2.24, 2.45) is 0 Å². The van der Waals surface area contributed by atoms with Gasteiger partial charge in [0.15, 0.2) is 0 Å². The van der Waals surface area contributed by atoms with E-state index in [0.29, 0.717) is 6.54 Å². The highest BCUT2D eigenvalue weighted by Crippen LogP contribution is 2.35. The number of amides is 1. The summed E-state index contributed by atoms with van der Waals surface area (Å²) in [6.07, 6.45) is 1.92. The van der Waals surface area contributed by atoms with Gasteiger partial charge >= 0.3 is 0 Å². The second-order valence-corrected chi connectivity index (χ2v) is 6.84. The van der Waals surface area contributed by atoms with Crippen LogP contribution in [0.1, 0.15) is 36.7 Å². The van der Waals surface area contributed by atoms with E-state index in [-0.39, 0.29) is 18.4 Å². The molecule has 1 amide bonds. The number of likely N-dealkylation sites (tertiary alicyclic amines) is 1. The highest BCUT2D eigenvalue weighted by molar-refractivity contribution is 5.79. The first kappa shape index (κ1) is 17.5. The van der Waals surface area contributed by atoms with Crippen LogP contribution in [-0.4, -0.2) is 45.8 Å². The van der Waals surface area contributed by atoms with E-state index >= 15 is 0 Å². The summed E-state index contributed by atoms with van der Waals surface area (Å²) in [5.41, 5.74) is 1.34. The van der Waals surface area contributed by atoms with E-state index in [4.69, 9.17) is 4.74 Å². The van der Waals surface area contributed by atoms with E-state index in [9.17, 15) is 9.90 Å². The van der Waals surface area contributed by atoms with Crippen molar-refractivity contribution in [2.45, 2.75) is 44.8 Å². The number of aliphatic hydroxyl groups is 1. The topological polar surface area (TPSA) is 78.5 Å². The number of carbonyl (C=O) groups is 1. The molecular weight excluding hydrogens is 318 g/mol. The van der Waals surface area contributed by atoms with E-state index in [1.807, 2.05) is 37.3 Å². The van der Waals surface area contributed by atoms with Crippen LogP contribution in [0.2, 0.25) is 0 Å². The first-order chi connectivity index (χ1) is 11.9. The van der Waals surface area contributed by atoms with Gasteiger partial charge < -0.3 is 14.7 Å². The minimum absolute atomic E-state index is 0.00258. The molecule has 1 aromatic heterocycles. The summed E-state index contributed by atoms with van der Waals surface area (Å²) in [4.78, 5) is 14.6. The van der Waals surface area contributed by atoms with Crippen LogP contribution in [0, 0.1) is 6.92 Å². The maximum atomic E-state index is 12.8. The number of carbonyl (C=O) groups excluding carboxylic acids is 1. The zero-order chi connectivity index (χ0) is 18.0. The lowest BCUT2D eigenvalue weighted by Crippen LogP contribution is -2.48. The van der Waals surface area contributed by atoms with Crippen LogP contribution in [0.5, 0.6) is 5.75 Å². The molecule has 0 spiro atoms. The molecule has 0 saturated carbocycles. The number of H-pyrrole nitrogens is 1. The van der Waals surface area contributed by atoms with Crippen LogP contribution in [0.15, 0.2) is 30.3 Å². The van der Waals surface area contributed by atoms with Gasteiger partial charge in [-0.3, -0.25) is 9.89 Å². The van der Waals surface area contributed by atoms with Gasteiger partial charge in [0, 0.05) is 12.2 Å². The fourth-order valence-corrected chi connectivity index (χ4v) is 3.59. The standard InChI is InChI=1S/C19H25N3O3/c1-13-11-15(21-20-13)12-18(23)22-10-4-5-17(22)19(2,24)14-6-8-16(25-3)9-7-14/h6-9,11,17,24H,4-5,10,12H2,1-3H3,(H,20,21)/t17-,19-/m1/s1. The van der Waals surface area contributed by atoms with Gasteiger partial charge in [-0.2, -0.15) is 5.10 Å². The fraction of sp³-hybridized carbons (Fsp3) is 0.474. The molecule has 25 heavy (non-hydrogen) atoms. The smallest absolute Gasteiger partial charge is 0.229 e. The summed E-state index contributed by atoms with van der Waals surface area (Å²) in [5, 5.41) is 18.2. The fourth-order valence-electron chi connectivity index (χ4n) is 3.59. The van der Waals surface area contributed by atoms with Crippen molar-refractivity contribution in [3.63, 3.8) is 0 Å². The van der Waals surface area contributed by atoms with Crippen molar-refractivity contribution in [1.82, 2.24) is 15.1 Å². The molecular formula is C19H25N3O3. The number of methoxy groups -OCH3 is 1. The summed E-state index contributed by atoms with van der Waals surface area (Å²) in [7, 11) is 1.61. The zero-order valence-corrected chi connectivity index (χ0v) is 15.0. The Hall–Kier alpha value is -2.34. The number of hydrogen-bond donors (Lipinski definition) is 2. The van der Waals surface area contributed by atoms with E-state index in [1.165, 1.54) is 0 Å². The van der Waals surface area contributed by atoms with Crippen molar-refractivity contribution in [2.75, 3.05) is 13.7 Å². The SMILES string of the molecule is COc1ccc([C@@](C)(O)[C@H]2CCCN2C(=O)Cc2cc(C)[nH]n2)cc1. The molecule has 3 rings (SSSR count). The molecule has 0 unspecified atom stereocenters. The predicted molar refractivity (Wildman–Crippen MR) is 94.3 cm³/mol. The second-order valence-electron chi connectivity index (χ2n) is 6.84. The molecule has 2 heterocycles. The van der Waals surface area contributed by atoms with Crippen molar-refractivity contribution in [3.8, 4) is 5.75 Å². The number of hydrogen-bond acceptors (Lipinski definition) is 4. The Morgan fingerprint density at radius 2 is 2.16 bits per heavy atom. The third-order valence-corrected chi connectivity index (χ3v) is 4.99. The number of aromatic nitrogens is 2. The minimum atomic E-state index is -1.11. The monoisotopic (exact) mass is 343 g/mol. The number of nitrogens with zero attached hydrogens (tertiary/aromatic N) is 2. The lowest BCUT2D eigenvalue weighted by Gasteiger charge is -2.37. The first-order valence-electron chi connectivity index (χ1n) is 8.59. The predicted octanol–water partition coefficient (Wildman–Crippen LogP) is 2.17. The Morgan fingerprint density at radius 3 is 2.76 bits per heavy atom. The first-order valence-corrected chi connectivity index (χ1v) is 8.59. The molecule has 2 aromatic rings. The number of benzene rings is 1. The summed E-state index contributed by atoms with van der Waals surface area (Å²) in [6, 6.07) is 9.01. The lowest BCUT2D eigenvalue weighted by atomic mass is 9.86. The van der Waals surface area contributed by atoms with Crippen LogP contribution in [0.3, 0.4) is 0 Å². The van der Waals surface area contributed by atoms with Crippen molar-refractivity contribution in [3.05, 3.63) is 47.3 Å². The molecule has 2 atom stereocenters. The third kappa shape index (κ3) is 3.54. The molecule has 134 valence electrons. The van der Waals surface area contributed by atoms with Gasteiger partial charge in [-0.25, -0.2) is 0 Å². The lowest BCUT2D eigenvalue weighted by molar-refractivity contribution is -0.137. The Kier molecular flexibility index (Phi) is 4.81. The summed E-state index contributed by atoms with van der Waals surface area (Å²) < 4.78 is 5.18. The molecule has 6 nitrogen and oxygen atoms in total. The summed E-state index contributed by atoms with van der Waals surface area (Å²) >= 11 is 0. The molecule has 0 aliphatic carbocycles. The molecule has 1 aliphatic rings. The van der Waals surface area contributed by atoms with Crippen molar-refractivity contribution < 1.29 is 14.6 Å². The molecule has 1 fully saturated rings. The van der Waals surface area contributed by atoms with Gasteiger partial charge in [0.1, 0.15) is 11.4 Å². The van der Waals surface area contributed by atoms with Crippen LogP contribution in [0.4, 0.5) is 0 Å². The number of ether oxygens (including phenoxy) is 1. The van der Waals surface area contributed by atoms with Crippen LogP contribution in [-0.2, 0) is 16.8 Å². The van der Waals surface area contributed by atoms with Gasteiger partial charge in [0.2, 0.25) is 5.91 Å². The highest BCUT2D eigenvalue weighted by atomic mass is 16.5. The van der Waals surface area contributed by atoms with Crippen molar-refractivity contribution >= 4 is 5.91 Å². The molecule has 0 radical (unpaired) electrons. The molecule has 0 bridgehead atoms. The number of aromatic amines is 1. The van der Waals surface area contributed by atoms with Crippen LogP contribution in [0.25, 0.3) is 0 Å². The summed E-state index contributed by atoms with van der Waals surface area (Å²) in [6.45, 7) is 4.36. The molecule has 1 saturated heterocycles. The maximum absolute atomic E-state index is 12.8. The largest absolute Gasteiger partial charge is 0.497 e.